The van der Waals surface area contributed by atoms with Gasteiger partial charge in [0.1, 0.15) is 17.3 Å². The first-order chi connectivity index (χ1) is 8.69. The van der Waals surface area contributed by atoms with E-state index in [-0.39, 0.29) is 5.78 Å². The van der Waals surface area contributed by atoms with E-state index in [0.29, 0.717) is 18.8 Å². The first-order valence-corrected chi connectivity index (χ1v) is 5.85. The van der Waals surface area contributed by atoms with Crippen molar-refractivity contribution in [2.75, 3.05) is 7.11 Å². The Morgan fingerprint density at radius 2 is 2.11 bits per heavy atom. The van der Waals surface area contributed by atoms with Crippen molar-refractivity contribution in [1.29, 1.82) is 0 Å². The maximum Gasteiger partial charge on any atom is 0.137 e. The first-order valence-electron chi connectivity index (χ1n) is 5.85. The van der Waals surface area contributed by atoms with Crippen molar-refractivity contribution in [3.63, 3.8) is 0 Å². The molecule has 2 rings (SSSR count). The molecule has 3 heteroatoms. The average molecular weight is 244 g/mol. The lowest BCUT2D eigenvalue weighted by atomic mass is 10.1. The van der Waals surface area contributed by atoms with Gasteiger partial charge >= 0.3 is 0 Å². The smallest absolute Gasteiger partial charge is 0.137 e. The number of ketones is 1. The molecule has 2 aromatic rings. The summed E-state index contributed by atoms with van der Waals surface area (Å²) in [6.45, 7) is 2.14. The molecule has 0 atom stereocenters. The van der Waals surface area contributed by atoms with E-state index in [0.717, 1.165) is 16.9 Å². The normalized spacial score (nSPS) is 10.6. The van der Waals surface area contributed by atoms with Crippen LogP contribution in [-0.4, -0.2) is 12.9 Å². The first kappa shape index (κ1) is 12.6. The Morgan fingerprint density at radius 1 is 1.28 bits per heavy atom. The lowest BCUT2D eigenvalue weighted by molar-refractivity contribution is -0.116. The molecule has 1 aromatic heterocycles. The highest BCUT2D eigenvalue weighted by Gasteiger charge is 2.07. The minimum atomic E-state index is 0.101. The molecule has 0 aliphatic heterocycles. The van der Waals surface area contributed by atoms with Crippen LogP contribution in [0, 0.1) is 0 Å². The molecular weight excluding hydrogens is 228 g/mol. The summed E-state index contributed by atoms with van der Waals surface area (Å²) in [4.78, 5) is 11.0. The van der Waals surface area contributed by atoms with Gasteiger partial charge in [-0.25, -0.2) is 0 Å². The van der Waals surface area contributed by atoms with Crippen molar-refractivity contribution in [1.82, 2.24) is 0 Å². The van der Waals surface area contributed by atoms with Gasteiger partial charge < -0.3 is 9.15 Å². The predicted octanol–water partition coefficient (Wildman–Crippen LogP) is 3.22. The summed E-state index contributed by atoms with van der Waals surface area (Å²) in [5.74, 6) is 1.59. The van der Waals surface area contributed by atoms with Gasteiger partial charge in [-0.1, -0.05) is 18.2 Å². The molecule has 0 radical (unpaired) electrons. The summed E-state index contributed by atoms with van der Waals surface area (Å²) in [5, 5.41) is 0. The van der Waals surface area contributed by atoms with Crippen LogP contribution >= 0.6 is 0 Å². The van der Waals surface area contributed by atoms with Crippen LogP contribution in [0.2, 0.25) is 0 Å². The second-order valence-corrected chi connectivity index (χ2v) is 4.28. The van der Waals surface area contributed by atoms with E-state index in [4.69, 9.17) is 9.15 Å². The van der Waals surface area contributed by atoms with Crippen molar-refractivity contribution in [2.45, 2.75) is 20.0 Å². The van der Waals surface area contributed by atoms with E-state index in [1.807, 2.05) is 36.4 Å². The molecule has 0 unspecified atom stereocenters. The van der Waals surface area contributed by atoms with Gasteiger partial charge in [0.25, 0.3) is 0 Å². The molecule has 0 saturated carbocycles. The van der Waals surface area contributed by atoms with Crippen LogP contribution in [0.15, 0.2) is 40.8 Å². The quantitative estimate of drug-likeness (QED) is 0.810. The second kappa shape index (κ2) is 5.65. The summed E-state index contributed by atoms with van der Waals surface area (Å²) in [6, 6.07) is 11.7. The van der Waals surface area contributed by atoms with Gasteiger partial charge in [0.15, 0.2) is 0 Å². The van der Waals surface area contributed by atoms with Gasteiger partial charge in [-0.05, 0) is 30.7 Å². The zero-order valence-electron chi connectivity index (χ0n) is 10.6. The van der Waals surface area contributed by atoms with E-state index in [1.54, 1.807) is 14.0 Å². The lowest BCUT2D eigenvalue weighted by Gasteiger charge is -2.02. The minimum Gasteiger partial charge on any atom is -0.461 e. The summed E-state index contributed by atoms with van der Waals surface area (Å²) >= 11 is 0. The Bertz CT molecular complexity index is 540. The molecular formula is C15H16O3. The molecule has 18 heavy (non-hydrogen) atoms. The number of carbonyl (C=O) groups is 1. The van der Waals surface area contributed by atoms with Crippen LogP contribution in [-0.2, 0) is 22.6 Å². The predicted molar refractivity (Wildman–Crippen MR) is 69.2 cm³/mol. The number of ether oxygens (including phenoxy) is 1. The number of benzene rings is 1. The number of carbonyl (C=O) groups excluding carboxylic acids is 1. The molecule has 0 bridgehead atoms. The lowest BCUT2D eigenvalue weighted by Crippen LogP contribution is -1.93. The number of hydrogen-bond acceptors (Lipinski definition) is 3. The molecule has 0 aliphatic carbocycles. The van der Waals surface area contributed by atoms with Crippen molar-refractivity contribution in [3.05, 3.63) is 47.7 Å². The second-order valence-electron chi connectivity index (χ2n) is 4.28. The number of rotatable bonds is 5. The summed E-state index contributed by atoms with van der Waals surface area (Å²) in [6.07, 6.45) is 0.345. The molecule has 3 nitrogen and oxygen atoms in total. The van der Waals surface area contributed by atoms with Crippen LogP contribution in [0.25, 0.3) is 11.3 Å². The van der Waals surface area contributed by atoms with Crippen molar-refractivity contribution in [3.8, 4) is 11.3 Å². The standard InChI is InChI=1S/C15H16O3/c1-11(16)8-14-6-7-15(18-14)13-5-3-4-12(9-13)10-17-2/h3-7,9H,8,10H2,1-2H3. The summed E-state index contributed by atoms with van der Waals surface area (Å²) < 4.78 is 10.8. The maximum atomic E-state index is 11.0. The highest BCUT2D eigenvalue weighted by Crippen LogP contribution is 2.23. The highest BCUT2D eigenvalue weighted by atomic mass is 16.5. The van der Waals surface area contributed by atoms with E-state index in [2.05, 4.69) is 0 Å². The molecule has 1 heterocycles. The van der Waals surface area contributed by atoms with Gasteiger partial charge in [0.2, 0.25) is 0 Å². The van der Waals surface area contributed by atoms with Crippen molar-refractivity contribution in [2.24, 2.45) is 0 Å². The number of methoxy groups -OCH3 is 1. The number of hydrogen-bond donors (Lipinski definition) is 0. The fourth-order valence-electron chi connectivity index (χ4n) is 1.85. The maximum absolute atomic E-state index is 11.0. The Labute approximate surface area is 106 Å². The average Bonchev–Trinajstić information content (AvgIpc) is 2.77. The molecule has 0 spiro atoms. The molecule has 1 aromatic carbocycles. The SMILES string of the molecule is COCc1cccc(-c2ccc(CC(C)=O)o2)c1. The van der Waals surface area contributed by atoms with E-state index >= 15 is 0 Å². The van der Waals surface area contributed by atoms with Crippen LogP contribution < -0.4 is 0 Å². The van der Waals surface area contributed by atoms with Crippen molar-refractivity contribution >= 4 is 5.78 Å². The van der Waals surface area contributed by atoms with E-state index in [9.17, 15) is 4.79 Å². The fraction of sp³-hybridized carbons (Fsp3) is 0.267. The monoisotopic (exact) mass is 244 g/mol. The third-order valence-corrected chi connectivity index (χ3v) is 2.61. The van der Waals surface area contributed by atoms with Gasteiger partial charge in [0, 0.05) is 12.7 Å². The van der Waals surface area contributed by atoms with Crippen LogP contribution in [0.1, 0.15) is 18.2 Å². The number of Topliss-reactive ketones (excluding diaryl/α,β-unsaturated/α-hetero) is 1. The molecule has 94 valence electrons. The Hall–Kier alpha value is -1.87. The van der Waals surface area contributed by atoms with Gasteiger partial charge in [-0.2, -0.15) is 0 Å². The van der Waals surface area contributed by atoms with Crippen LogP contribution in [0.4, 0.5) is 0 Å². The fourth-order valence-corrected chi connectivity index (χ4v) is 1.85. The van der Waals surface area contributed by atoms with Gasteiger partial charge in [-0.3, -0.25) is 4.79 Å². The highest BCUT2D eigenvalue weighted by molar-refractivity contribution is 5.77. The van der Waals surface area contributed by atoms with E-state index in [1.165, 1.54) is 0 Å². The van der Waals surface area contributed by atoms with Gasteiger partial charge in [0.05, 0.1) is 13.0 Å². The Balaban J connectivity index is 2.22. The zero-order chi connectivity index (χ0) is 13.0. The molecule has 0 saturated heterocycles. The molecule has 0 amide bonds. The Kier molecular flexibility index (Phi) is 3.95. The van der Waals surface area contributed by atoms with Crippen LogP contribution in [0.5, 0.6) is 0 Å². The molecule has 0 fully saturated rings. The summed E-state index contributed by atoms with van der Waals surface area (Å²) in [5.41, 5.74) is 2.10. The number of furan rings is 1. The molecule has 0 aliphatic rings. The van der Waals surface area contributed by atoms with Gasteiger partial charge in [-0.15, -0.1) is 0 Å². The van der Waals surface area contributed by atoms with E-state index < -0.39 is 0 Å². The van der Waals surface area contributed by atoms with Crippen molar-refractivity contribution < 1.29 is 13.9 Å². The third-order valence-electron chi connectivity index (χ3n) is 2.61. The topological polar surface area (TPSA) is 39.4 Å². The van der Waals surface area contributed by atoms with Crippen LogP contribution in [0.3, 0.4) is 0 Å². The largest absolute Gasteiger partial charge is 0.461 e. The minimum absolute atomic E-state index is 0.101. The zero-order valence-corrected chi connectivity index (χ0v) is 10.6. The Morgan fingerprint density at radius 3 is 2.83 bits per heavy atom. The summed E-state index contributed by atoms with van der Waals surface area (Å²) in [7, 11) is 1.67. The third kappa shape index (κ3) is 3.08. The molecule has 0 N–H and O–H groups in total.